The van der Waals surface area contributed by atoms with Gasteiger partial charge >= 0.3 is 0 Å². The van der Waals surface area contributed by atoms with Gasteiger partial charge in [-0.25, -0.2) is 13.4 Å². The molecule has 1 heterocycles. The molecule has 0 unspecified atom stereocenters. The highest BCUT2D eigenvalue weighted by atomic mass is 35.5. The molecule has 0 saturated heterocycles. The van der Waals surface area contributed by atoms with E-state index in [2.05, 4.69) is 4.98 Å². The molecule has 4 nitrogen and oxygen atoms in total. The Hall–Kier alpha value is -1.59. The topological polar surface area (TPSA) is 50.3 Å². The van der Waals surface area contributed by atoms with Gasteiger partial charge in [-0.3, -0.25) is 4.31 Å². The number of anilines is 1. The summed E-state index contributed by atoms with van der Waals surface area (Å²) < 4.78 is 26.7. The number of sulfonamides is 1. The average molecular weight is 311 g/mol. The van der Waals surface area contributed by atoms with Gasteiger partial charge < -0.3 is 0 Å². The molecular weight excluding hydrogens is 296 g/mol. The Bertz CT molecular complexity index is 699. The van der Waals surface area contributed by atoms with Gasteiger partial charge in [-0.1, -0.05) is 29.3 Å². The van der Waals surface area contributed by atoms with Gasteiger partial charge in [-0.05, 0) is 38.1 Å². The van der Waals surface area contributed by atoms with Crippen molar-refractivity contribution in [3.63, 3.8) is 0 Å². The quantitative estimate of drug-likeness (QED) is 0.814. The molecule has 2 aromatic rings. The predicted molar refractivity (Wildman–Crippen MR) is 80.6 cm³/mol. The number of rotatable bonds is 4. The van der Waals surface area contributed by atoms with Gasteiger partial charge in [0.05, 0.1) is 5.69 Å². The second-order valence-electron chi connectivity index (χ2n) is 4.30. The monoisotopic (exact) mass is 310 g/mol. The molecule has 0 aliphatic heterocycles. The smallest absolute Gasteiger partial charge is 0.267 e. The molecule has 0 amide bonds. The van der Waals surface area contributed by atoms with E-state index in [0.29, 0.717) is 12.2 Å². The van der Waals surface area contributed by atoms with Crippen LogP contribution in [0.25, 0.3) is 0 Å². The van der Waals surface area contributed by atoms with Gasteiger partial charge in [0.15, 0.2) is 0 Å². The van der Waals surface area contributed by atoms with Crippen molar-refractivity contribution < 1.29 is 8.42 Å². The molecule has 106 valence electrons. The van der Waals surface area contributed by atoms with E-state index in [9.17, 15) is 8.42 Å². The lowest BCUT2D eigenvalue weighted by Crippen LogP contribution is -2.31. The van der Waals surface area contributed by atoms with Crippen molar-refractivity contribution in [2.75, 3.05) is 10.8 Å². The van der Waals surface area contributed by atoms with Crippen LogP contribution in [0.3, 0.4) is 0 Å². The fraction of sp³-hybridized carbons (Fsp3) is 0.214. The van der Waals surface area contributed by atoms with Crippen molar-refractivity contribution in [1.29, 1.82) is 0 Å². The molecule has 0 N–H and O–H groups in total. The molecule has 20 heavy (non-hydrogen) atoms. The summed E-state index contributed by atoms with van der Waals surface area (Å²) in [7, 11) is -3.71. The van der Waals surface area contributed by atoms with E-state index in [1.54, 1.807) is 25.1 Å². The number of aromatic nitrogens is 1. The Morgan fingerprint density at radius 1 is 1.20 bits per heavy atom. The molecule has 0 fully saturated rings. The third-order valence-corrected chi connectivity index (χ3v) is 5.25. The van der Waals surface area contributed by atoms with Gasteiger partial charge in [0.1, 0.15) is 10.0 Å². The molecule has 1 aromatic carbocycles. The van der Waals surface area contributed by atoms with Crippen LogP contribution in [0.15, 0.2) is 47.5 Å². The molecular formula is C14H15ClN2O2S. The fourth-order valence-electron chi connectivity index (χ4n) is 1.88. The molecule has 6 heteroatoms. The number of pyridine rings is 1. The van der Waals surface area contributed by atoms with E-state index >= 15 is 0 Å². The second-order valence-corrected chi connectivity index (χ2v) is 6.49. The molecule has 1 aromatic heterocycles. The lowest BCUT2D eigenvalue weighted by molar-refractivity contribution is 0.591. The van der Waals surface area contributed by atoms with Crippen LogP contribution in [-0.4, -0.2) is 19.9 Å². The molecule has 0 saturated carbocycles. The van der Waals surface area contributed by atoms with Crippen LogP contribution in [-0.2, 0) is 10.0 Å². The third kappa shape index (κ3) is 2.78. The zero-order chi connectivity index (χ0) is 14.8. The van der Waals surface area contributed by atoms with Crippen molar-refractivity contribution in [3.05, 3.63) is 53.3 Å². The largest absolute Gasteiger partial charge is 0.267 e. The van der Waals surface area contributed by atoms with Crippen molar-refractivity contribution in [3.8, 4) is 0 Å². The predicted octanol–water partition coefficient (Wildman–Crippen LogP) is 3.26. The summed E-state index contributed by atoms with van der Waals surface area (Å²) in [6.07, 6.45) is 1.46. The minimum absolute atomic E-state index is 0.0157. The first-order valence-electron chi connectivity index (χ1n) is 6.16. The lowest BCUT2D eigenvalue weighted by Gasteiger charge is -2.23. The molecule has 0 aliphatic carbocycles. The minimum atomic E-state index is -3.71. The highest BCUT2D eigenvalue weighted by Gasteiger charge is 2.26. The van der Waals surface area contributed by atoms with Crippen molar-refractivity contribution in [2.24, 2.45) is 0 Å². The molecule has 0 aliphatic rings. The Labute approximate surface area is 124 Å². The Balaban J connectivity index is 2.51. The summed E-state index contributed by atoms with van der Waals surface area (Å²) in [5, 5.41) is -0.0157. The van der Waals surface area contributed by atoms with Crippen LogP contribution in [0.5, 0.6) is 0 Å². The normalized spacial score (nSPS) is 11.3. The number of aryl methyl sites for hydroxylation is 1. The SMILES string of the molecule is CCN(c1ccc(C)cc1)S(=O)(=O)c1cccnc1Cl. The fourth-order valence-corrected chi connectivity index (χ4v) is 3.79. The second kappa shape index (κ2) is 5.81. The molecule has 0 radical (unpaired) electrons. The summed E-state index contributed by atoms with van der Waals surface area (Å²) in [6, 6.07) is 10.3. The number of hydrogen-bond donors (Lipinski definition) is 0. The van der Waals surface area contributed by atoms with E-state index in [1.165, 1.54) is 16.6 Å². The van der Waals surface area contributed by atoms with Crippen molar-refractivity contribution >= 4 is 27.3 Å². The van der Waals surface area contributed by atoms with E-state index < -0.39 is 10.0 Å². The zero-order valence-electron chi connectivity index (χ0n) is 11.2. The summed E-state index contributed by atoms with van der Waals surface area (Å²) in [6.45, 7) is 4.05. The zero-order valence-corrected chi connectivity index (χ0v) is 12.8. The van der Waals surface area contributed by atoms with Crippen LogP contribution in [0.2, 0.25) is 5.15 Å². The van der Waals surface area contributed by atoms with Crippen LogP contribution in [0.1, 0.15) is 12.5 Å². The van der Waals surface area contributed by atoms with Crippen LogP contribution in [0, 0.1) is 6.92 Å². The minimum Gasteiger partial charge on any atom is -0.267 e. The van der Waals surface area contributed by atoms with Crippen LogP contribution < -0.4 is 4.31 Å². The summed E-state index contributed by atoms with van der Waals surface area (Å²) in [4.78, 5) is 3.85. The third-order valence-electron chi connectivity index (χ3n) is 2.90. The van der Waals surface area contributed by atoms with E-state index in [1.807, 2.05) is 19.1 Å². The maximum absolute atomic E-state index is 12.7. The van der Waals surface area contributed by atoms with Gasteiger partial charge in [-0.15, -0.1) is 0 Å². The van der Waals surface area contributed by atoms with Crippen molar-refractivity contribution in [1.82, 2.24) is 4.98 Å². The highest BCUT2D eigenvalue weighted by Crippen LogP contribution is 2.27. The summed E-state index contributed by atoms with van der Waals surface area (Å²) >= 11 is 5.91. The summed E-state index contributed by atoms with van der Waals surface area (Å²) in [5.74, 6) is 0. The van der Waals surface area contributed by atoms with E-state index in [-0.39, 0.29) is 10.0 Å². The molecule has 0 spiro atoms. The number of halogens is 1. The highest BCUT2D eigenvalue weighted by molar-refractivity contribution is 7.93. The van der Waals surface area contributed by atoms with Gasteiger partial charge in [-0.2, -0.15) is 0 Å². The molecule has 0 atom stereocenters. The van der Waals surface area contributed by atoms with E-state index in [0.717, 1.165) is 5.56 Å². The van der Waals surface area contributed by atoms with Crippen molar-refractivity contribution in [2.45, 2.75) is 18.7 Å². The maximum atomic E-state index is 12.7. The average Bonchev–Trinajstić information content (AvgIpc) is 2.42. The molecule has 2 rings (SSSR count). The van der Waals surface area contributed by atoms with Gasteiger partial charge in [0, 0.05) is 12.7 Å². The number of nitrogens with zero attached hydrogens (tertiary/aromatic N) is 2. The maximum Gasteiger partial charge on any atom is 0.267 e. The first kappa shape index (κ1) is 14.8. The Morgan fingerprint density at radius 2 is 1.85 bits per heavy atom. The summed E-state index contributed by atoms with van der Waals surface area (Å²) in [5.41, 5.74) is 1.68. The number of benzene rings is 1. The van der Waals surface area contributed by atoms with E-state index in [4.69, 9.17) is 11.6 Å². The lowest BCUT2D eigenvalue weighted by atomic mass is 10.2. The van der Waals surface area contributed by atoms with Gasteiger partial charge in [0.25, 0.3) is 10.0 Å². The first-order chi connectivity index (χ1) is 9.46. The van der Waals surface area contributed by atoms with Crippen LogP contribution >= 0.6 is 11.6 Å². The Kier molecular flexibility index (Phi) is 4.30. The Morgan fingerprint density at radius 3 is 2.40 bits per heavy atom. The molecule has 0 bridgehead atoms. The van der Waals surface area contributed by atoms with Crippen LogP contribution in [0.4, 0.5) is 5.69 Å². The number of hydrogen-bond acceptors (Lipinski definition) is 3. The first-order valence-corrected chi connectivity index (χ1v) is 7.98. The standard InChI is InChI=1S/C14H15ClN2O2S/c1-3-17(12-8-6-11(2)7-9-12)20(18,19)13-5-4-10-16-14(13)15/h4-10H,3H2,1-2H3. The van der Waals surface area contributed by atoms with Gasteiger partial charge in [0.2, 0.25) is 0 Å².